The predicted molar refractivity (Wildman–Crippen MR) is 87.4 cm³/mol. The zero-order valence-corrected chi connectivity index (χ0v) is 14.1. The Labute approximate surface area is 137 Å². The fourth-order valence-electron chi connectivity index (χ4n) is 1.94. The molecule has 2 aromatic carbocycles. The highest BCUT2D eigenvalue weighted by atomic mass is 79.9. The second-order valence-electron chi connectivity index (χ2n) is 4.72. The average molecular weight is 373 g/mol. The summed E-state index contributed by atoms with van der Waals surface area (Å²) < 4.78 is 20.3. The van der Waals surface area contributed by atoms with Crippen molar-refractivity contribution < 1.29 is 9.13 Å². The molecule has 2 nitrogen and oxygen atoms in total. The lowest BCUT2D eigenvalue weighted by atomic mass is 10.1. The summed E-state index contributed by atoms with van der Waals surface area (Å²) in [5, 5.41) is 3.79. The van der Waals surface area contributed by atoms with Crippen LogP contribution in [0.25, 0.3) is 0 Å². The van der Waals surface area contributed by atoms with Gasteiger partial charge in [0.2, 0.25) is 0 Å². The molecule has 1 unspecified atom stereocenters. The number of ether oxygens (including phenoxy) is 1. The molecule has 0 aromatic heterocycles. The van der Waals surface area contributed by atoms with Gasteiger partial charge in [0.1, 0.15) is 18.2 Å². The maximum atomic E-state index is 13.8. The summed E-state index contributed by atoms with van der Waals surface area (Å²) in [7, 11) is 1.86. The Morgan fingerprint density at radius 3 is 2.71 bits per heavy atom. The van der Waals surface area contributed by atoms with Crippen molar-refractivity contribution in [3.05, 3.63) is 62.8 Å². The highest BCUT2D eigenvalue weighted by Gasteiger charge is 2.12. The Kier molecular flexibility index (Phi) is 5.62. The van der Waals surface area contributed by atoms with E-state index in [0.29, 0.717) is 20.8 Å². The molecule has 2 aromatic rings. The first-order chi connectivity index (χ1) is 10.0. The molecule has 1 N–H and O–H groups in total. The standard InChI is InChI=1S/C16H16BrClFNO/c1-10(20-2)14-8-13(18)5-6-16(14)21-9-11-3-4-12(17)7-15(11)19/h3-8,10,20H,9H2,1-2H3. The first kappa shape index (κ1) is 16.3. The summed E-state index contributed by atoms with van der Waals surface area (Å²) in [5.41, 5.74) is 1.46. The van der Waals surface area contributed by atoms with Crippen molar-refractivity contribution >= 4 is 27.5 Å². The SMILES string of the molecule is CNC(C)c1cc(Cl)ccc1OCc1ccc(Br)cc1F. The molecule has 0 saturated carbocycles. The fourth-order valence-corrected chi connectivity index (χ4v) is 2.45. The van der Waals surface area contributed by atoms with Crippen LogP contribution in [-0.4, -0.2) is 7.05 Å². The van der Waals surface area contributed by atoms with Crippen LogP contribution in [-0.2, 0) is 6.61 Å². The van der Waals surface area contributed by atoms with E-state index in [-0.39, 0.29) is 18.5 Å². The lowest BCUT2D eigenvalue weighted by Crippen LogP contribution is -2.14. The van der Waals surface area contributed by atoms with Crippen LogP contribution in [0.5, 0.6) is 5.75 Å². The van der Waals surface area contributed by atoms with E-state index in [1.807, 2.05) is 26.1 Å². The van der Waals surface area contributed by atoms with Gasteiger partial charge >= 0.3 is 0 Å². The molecule has 0 radical (unpaired) electrons. The van der Waals surface area contributed by atoms with E-state index in [1.165, 1.54) is 6.07 Å². The van der Waals surface area contributed by atoms with E-state index in [1.54, 1.807) is 18.2 Å². The Morgan fingerprint density at radius 1 is 1.29 bits per heavy atom. The third-order valence-electron chi connectivity index (χ3n) is 3.27. The highest BCUT2D eigenvalue weighted by Crippen LogP contribution is 2.29. The molecule has 0 heterocycles. The zero-order valence-electron chi connectivity index (χ0n) is 11.8. The van der Waals surface area contributed by atoms with Gasteiger partial charge in [0, 0.05) is 26.7 Å². The van der Waals surface area contributed by atoms with Crippen LogP contribution in [0.1, 0.15) is 24.1 Å². The molecule has 112 valence electrons. The highest BCUT2D eigenvalue weighted by molar-refractivity contribution is 9.10. The topological polar surface area (TPSA) is 21.3 Å². The van der Waals surface area contributed by atoms with Gasteiger partial charge < -0.3 is 10.1 Å². The largest absolute Gasteiger partial charge is 0.488 e. The van der Waals surface area contributed by atoms with Crippen molar-refractivity contribution in [3.63, 3.8) is 0 Å². The van der Waals surface area contributed by atoms with Crippen LogP contribution in [0.3, 0.4) is 0 Å². The van der Waals surface area contributed by atoms with Gasteiger partial charge in [-0.15, -0.1) is 0 Å². The van der Waals surface area contributed by atoms with Gasteiger partial charge in [-0.3, -0.25) is 0 Å². The number of hydrogen-bond acceptors (Lipinski definition) is 2. The van der Waals surface area contributed by atoms with Crippen LogP contribution in [0.2, 0.25) is 5.02 Å². The average Bonchev–Trinajstić information content (AvgIpc) is 2.46. The van der Waals surface area contributed by atoms with Crippen LogP contribution in [0.15, 0.2) is 40.9 Å². The van der Waals surface area contributed by atoms with Gasteiger partial charge in [0.15, 0.2) is 0 Å². The summed E-state index contributed by atoms with van der Waals surface area (Å²) in [6.45, 7) is 2.18. The summed E-state index contributed by atoms with van der Waals surface area (Å²) >= 11 is 9.27. The normalized spacial score (nSPS) is 12.2. The lowest BCUT2D eigenvalue weighted by molar-refractivity contribution is 0.294. The van der Waals surface area contributed by atoms with Crippen molar-refractivity contribution in [2.24, 2.45) is 0 Å². The van der Waals surface area contributed by atoms with Gasteiger partial charge in [-0.05, 0) is 44.3 Å². The Morgan fingerprint density at radius 2 is 2.05 bits per heavy atom. The number of benzene rings is 2. The summed E-state index contributed by atoms with van der Waals surface area (Å²) in [4.78, 5) is 0. The minimum atomic E-state index is -0.290. The molecule has 0 fully saturated rings. The number of hydrogen-bond donors (Lipinski definition) is 1. The van der Waals surface area contributed by atoms with E-state index in [4.69, 9.17) is 16.3 Å². The maximum Gasteiger partial charge on any atom is 0.130 e. The van der Waals surface area contributed by atoms with Crippen molar-refractivity contribution in [2.45, 2.75) is 19.6 Å². The van der Waals surface area contributed by atoms with E-state index >= 15 is 0 Å². The van der Waals surface area contributed by atoms with Crippen LogP contribution in [0, 0.1) is 5.82 Å². The molecule has 0 spiro atoms. The molecule has 0 aliphatic rings. The van der Waals surface area contributed by atoms with Gasteiger partial charge in [-0.1, -0.05) is 33.6 Å². The van der Waals surface area contributed by atoms with E-state index in [9.17, 15) is 4.39 Å². The van der Waals surface area contributed by atoms with Crippen LogP contribution >= 0.6 is 27.5 Å². The molecule has 0 amide bonds. The van der Waals surface area contributed by atoms with E-state index < -0.39 is 0 Å². The Bertz CT molecular complexity index is 636. The summed E-state index contributed by atoms with van der Waals surface area (Å²) in [6.07, 6.45) is 0. The number of nitrogens with one attached hydrogen (secondary N) is 1. The van der Waals surface area contributed by atoms with Crippen molar-refractivity contribution in [3.8, 4) is 5.75 Å². The van der Waals surface area contributed by atoms with Crippen LogP contribution < -0.4 is 10.1 Å². The minimum absolute atomic E-state index is 0.0912. The third kappa shape index (κ3) is 4.19. The molecule has 1 atom stereocenters. The lowest BCUT2D eigenvalue weighted by Gasteiger charge is -2.17. The second kappa shape index (κ2) is 7.25. The van der Waals surface area contributed by atoms with Gasteiger partial charge in [-0.25, -0.2) is 4.39 Å². The number of rotatable bonds is 5. The maximum absolute atomic E-state index is 13.8. The molecule has 0 aliphatic carbocycles. The van der Waals surface area contributed by atoms with E-state index in [2.05, 4.69) is 21.2 Å². The fraction of sp³-hybridized carbons (Fsp3) is 0.250. The quantitative estimate of drug-likeness (QED) is 0.788. The predicted octanol–water partition coefficient (Wildman–Crippen LogP) is 5.10. The summed E-state index contributed by atoms with van der Waals surface area (Å²) in [6, 6.07) is 10.4. The summed E-state index contributed by atoms with van der Waals surface area (Å²) in [5.74, 6) is 0.408. The van der Waals surface area contributed by atoms with Gasteiger partial charge in [0.25, 0.3) is 0 Å². The zero-order chi connectivity index (χ0) is 15.4. The molecule has 21 heavy (non-hydrogen) atoms. The Balaban J connectivity index is 2.19. The van der Waals surface area contributed by atoms with Crippen molar-refractivity contribution in [1.82, 2.24) is 5.32 Å². The first-order valence-corrected chi connectivity index (χ1v) is 7.72. The van der Waals surface area contributed by atoms with E-state index in [0.717, 1.165) is 5.56 Å². The third-order valence-corrected chi connectivity index (χ3v) is 4.00. The smallest absolute Gasteiger partial charge is 0.130 e. The monoisotopic (exact) mass is 371 g/mol. The molecule has 2 rings (SSSR count). The molecular formula is C16H16BrClFNO. The molecule has 0 aliphatic heterocycles. The van der Waals surface area contributed by atoms with Gasteiger partial charge in [-0.2, -0.15) is 0 Å². The van der Waals surface area contributed by atoms with Crippen molar-refractivity contribution in [2.75, 3.05) is 7.05 Å². The minimum Gasteiger partial charge on any atom is -0.488 e. The molecule has 0 saturated heterocycles. The van der Waals surface area contributed by atoms with Crippen molar-refractivity contribution in [1.29, 1.82) is 0 Å². The second-order valence-corrected chi connectivity index (χ2v) is 6.07. The number of halogens is 3. The van der Waals surface area contributed by atoms with Crippen LogP contribution in [0.4, 0.5) is 4.39 Å². The molecule has 0 bridgehead atoms. The first-order valence-electron chi connectivity index (χ1n) is 6.54. The Hall–Kier alpha value is -1.10. The molecule has 5 heteroatoms. The molecular weight excluding hydrogens is 357 g/mol. The van der Waals surface area contributed by atoms with Gasteiger partial charge in [0.05, 0.1) is 0 Å².